The van der Waals surface area contributed by atoms with E-state index in [0.29, 0.717) is 25.6 Å². The molecule has 0 aromatic heterocycles. The van der Waals surface area contributed by atoms with E-state index in [1.165, 1.54) is 0 Å². The molecule has 1 atom stereocenters. The number of halogens is 4. The molecule has 124 valence electrons. The molecule has 0 radical (unpaired) electrons. The van der Waals surface area contributed by atoms with Gasteiger partial charge in [-0.1, -0.05) is 0 Å². The van der Waals surface area contributed by atoms with Crippen LogP contribution in [0.3, 0.4) is 0 Å². The summed E-state index contributed by atoms with van der Waals surface area (Å²) in [4.78, 5) is 1.72. The van der Waals surface area contributed by atoms with Gasteiger partial charge in [0.2, 0.25) is 10.0 Å². The van der Waals surface area contributed by atoms with Crippen molar-refractivity contribution in [1.82, 2.24) is 9.62 Å². The van der Waals surface area contributed by atoms with Crippen molar-refractivity contribution < 1.29 is 26.0 Å². The average Bonchev–Trinajstić information content (AvgIpc) is 2.75. The Morgan fingerprint density at radius 3 is 2.64 bits per heavy atom. The van der Waals surface area contributed by atoms with Crippen LogP contribution in [0.1, 0.15) is 17.5 Å². The van der Waals surface area contributed by atoms with Crippen LogP contribution < -0.4 is 4.72 Å². The molecule has 1 N–H and O–H groups in total. The lowest BCUT2D eigenvalue weighted by Crippen LogP contribution is -2.36. The van der Waals surface area contributed by atoms with E-state index < -0.39 is 27.6 Å². The van der Waals surface area contributed by atoms with E-state index in [-0.39, 0.29) is 18.2 Å². The molecule has 1 aromatic carbocycles. The molecule has 2 rings (SSSR count). The molecule has 0 aliphatic carbocycles. The van der Waals surface area contributed by atoms with Crippen LogP contribution in [0.2, 0.25) is 0 Å². The molecular formula is C13H16F4N2O2S. The summed E-state index contributed by atoms with van der Waals surface area (Å²) in [5.41, 5.74) is -0.941. The summed E-state index contributed by atoms with van der Waals surface area (Å²) < 4.78 is 76.4. The van der Waals surface area contributed by atoms with Gasteiger partial charge in [-0.05, 0) is 24.6 Å². The van der Waals surface area contributed by atoms with E-state index in [1.54, 1.807) is 4.90 Å². The van der Waals surface area contributed by atoms with E-state index in [9.17, 15) is 26.0 Å². The van der Waals surface area contributed by atoms with Gasteiger partial charge in [0, 0.05) is 31.2 Å². The van der Waals surface area contributed by atoms with Crippen LogP contribution in [0.4, 0.5) is 17.6 Å². The van der Waals surface area contributed by atoms with Crippen molar-refractivity contribution in [2.24, 2.45) is 0 Å². The number of nitrogens with one attached hydrogen (secondary N) is 1. The fourth-order valence-corrected chi connectivity index (χ4v) is 3.29. The standard InChI is InChI=1S/C13H16F4N2O2S/c1-22(20,21)18-11-4-5-19(8-11)7-9-6-10(13(15,16)17)2-3-12(9)14/h2-3,6,11,18H,4-5,7-8H2,1H3. The minimum atomic E-state index is -4.52. The van der Waals surface area contributed by atoms with Crippen molar-refractivity contribution >= 4 is 10.0 Å². The molecule has 1 aromatic rings. The van der Waals surface area contributed by atoms with Gasteiger partial charge in [0.25, 0.3) is 0 Å². The Morgan fingerprint density at radius 1 is 1.36 bits per heavy atom. The maximum Gasteiger partial charge on any atom is 0.416 e. The normalized spacial score (nSPS) is 20.5. The first-order chi connectivity index (χ1) is 10.0. The van der Waals surface area contributed by atoms with E-state index in [0.717, 1.165) is 18.4 Å². The predicted octanol–water partition coefficient (Wildman–Crippen LogP) is 1.97. The third-order valence-corrected chi connectivity index (χ3v) is 4.18. The molecule has 0 amide bonds. The maximum atomic E-state index is 13.7. The van der Waals surface area contributed by atoms with Gasteiger partial charge in [-0.15, -0.1) is 0 Å². The van der Waals surface area contributed by atoms with Gasteiger partial charge in [-0.2, -0.15) is 13.2 Å². The van der Waals surface area contributed by atoms with Crippen LogP contribution in [0, 0.1) is 5.82 Å². The zero-order valence-corrected chi connectivity index (χ0v) is 12.6. The van der Waals surface area contributed by atoms with Gasteiger partial charge in [-0.3, -0.25) is 4.90 Å². The first-order valence-electron chi connectivity index (χ1n) is 6.60. The second-order valence-electron chi connectivity index (χ2n) is 5.41. The van der Waals surface area contributed by atoms with Gasteiger partial charge in [0.05, 0.1) is 11.8 Å². The number of rotatable bonds is 4. The SMILES string of the molecule is CS(=O)(=O)NC1CCN(Cc2cc(C(F)(F)F)ccc2F)C1. The quantitative estimate of drug-likeness (QED) is 0.853. The molecule has 1 fully saturated rings. The van der Waals surface area contributed by atoms with Crippen LogP contribution in [-0.4, -0.2) is 38.7 Å². The molecule has 1 aliphatic heterocycles. The first kappa shape index (κ1) is 17.2. The third-order valence-electron chi connectivity index (χ3n) is 3.42. The smallest absolute Gasteiger partial charge is 0.297 e. The van der Waals surface area contributed by atoms with Crippen LogP contribution in [0.5, 0.6) is 0 Å². The molecule has 4 nitrogen and oxygen atoms in total. The summed E-state index contributed by atoms with van der Waals surface area (Å²) in [6.45, 7) is 0.837. The number of alkyl halides is 3. The van der Waals surface area contributed by atoms with Crippen molar-refractivity contribution in [1.29, 1.82) is 0 Å². The van der Waals surface area contributed by atoms with Crippen LogP contribution in [-0.2, 0) is 22.7 Å². The lowest BCUT2D eigenvalue weighted by Gasteiger charge is -2.18. The Morgan fingerprint density at radius 2 is 2.05 bits per heavy atom. The van der Waals surface area contributed by atoms with Gasteiger partial charge >= 0.3 is 6.18 Å². The van der Waals surface area contributed by atoms with E-state index >= 15 is 0 Å². The van der Waals surface area contributed by atoms with Crippen LogP contribution in [0.25, 0.3) is 0 Å². The second kappa shape index (κ2) is 6.13. The summed E-state index contributed by atoms with van der Waals surface area (Å²) in [6.07, 6.45) is -2.94. The van der Waals surface area contributed by atoms with Gasteiger partial charge in [0.15, 0.2) is 0 Å². The summed E-state index contributed by atoms with van der Waals surface area (Å²) >= 11 is 0. The fourth-order valence-electron chi connectivity index (χ4n) is 2.49. The fraction of sp³-hybridized carbons (Fsp3) is 0.538. The topological polar surface area (TPSA) is 49.4 Å². The molecule has 0 saturated carbocycles. The predicted molar refractivity (Wildman–Crippen MR) is 73.1 cm³/mol. The third kappa shape index (κ3) is 4.65. The minimum absolute atomic E-state index is 0.0116. The summed E-state index contributed by atoms with van der Waals surface area (Å²) in [6, 6.07) is 2.01. The Hall–Kier alpha value is -1.19. The number of hydrogen-bond donors (Lipinski definition) is 1. The molecule has 0 bridgehead atoms. The largest absolute Gasteiger partial charge is 0.416 e. The van der Waals surface area contributed by atoms with Crippen molar-refractivity contribution in [3.63, 3.8) is 0 Å². The van der Waals surface area contributed by atoms with Crippen molar-refractivity contribution in [2.45, 2.75) is 25.2 Å². The highest BCUT2D eigenvalue weighted by atomic mass is 32.2. The first-order valence-corrected chi connectivity index (χ1v) is 8.49. The van der Waals surface area contributed by atoms with Gasteiger partial charge < -0.3 is 0 Å². The van der Waals surface area contributed by atoms with E-state index in [4.69, 9.17) is 0 Å². The Labute approximate surface area is 126 Å². The maximum absolute atomic E-state index is 13.7. The van der Waals surface area contributed by atoms with Crippen molar-refractivity contribution in [3.8, 4) is 0 Å². The highest BCUT2D eigenvalue weighted by Gasteiger charge is 2.32. The Bertz CT molecular complexity index is 646. The van der Waals surface area contributed by atoms with Crippen LogP contribution >= 0.6 is 0 Å². The van der Waals surface area contributed by atoms with Crippen LogP contribution in [0.15, 0.2) is 18.2 Å². The summed E-state index contributed by atoms with van der Waals surface area (Å²) in [5.74, 6) is -0.701. The highest BCUT2D eigenvalue weighted by molar-refractivity contribution is 7.88. The number of hydrogen-bond acceptors (Lipinski definition) is 3. The number of sulfonamides is 1. The van der Waals surface area contributed by atoms with Gasteiger partial charge in [0.1, 0.15) is 5.82 Å². The summed E-state index contributed by atoms with van der Waals surface area (Å²) in [5, 5.41) is 0. The van der Waals surface area contributed by atoms with Crippen molar-refractivity contribution in [2.75, 3.05) is 19.3 Å². The molecular weight excluding hydrogens is 324 g/mol. The zero-order chi connectivity index (χ0) is 16.5. The molecule has 9 heteroatoms. The second-order valence-corrected chi connectivity index (χ2v) is 7.19. The van der Waals surface area contributed by atoms with Crippen molar-refractivity contribution in [3.05, 3.63) is 35.1 Å². The zero-order valence-electron chi connectivity index (χ0n) is 11.8. The average molecular weight is 340 g/mol. The Balaban J connectivity index is 2.06. The number of nitrogens with zero attached hydrogens (tertiary/aromatic N) is 1. The number of benzene rings is 1. The lowest BCUT2D eigenvalue weighted by molar-refractivity contribution is -0.137. The summed E-state index contributed by atoms with van der Waals surface area (Å²) in [7, 11) is -3.34. The molecule has 0 spiro atoms. The van der Waals surface area contributed by atoms with E-state index in [1.807, 2.05) is 0 Å². The minimum Gasteiger partial charge on any atom is -0.297 e. The highest BCUT2D eigenvalue weighted by Crippen LogP contribution is 2.30. The molecule has 1 heterocycles. The molecule has 1 unspecified atom stereocenters. The molecule has 1 aliphatic rings. The molecule has 1 saturated heterocycles. The van der Waals surface area contributed by atoms with Gasteiger partial charge in [-0.25, -0.2) is 17.5 Å². The van der Waals surface area contributed by atoms with E-state index in [2.05, 4.69) is 4.72 Å². The monoisotopic (exact) mass is 340 g/mol. The lowest BCUT2D eigenvalue weighted by atomic mass is 10.1. The Kier molecular flexibility index (Phi) is 4.78. The number of likely N-dealkylation sites (tertiary alicyclic amines) is 1. The molecule has 22 heavy (non-hydrogen) atoms.